The third-order valence-corrected chi connectivity index (χ3v) is 7.37. The first-order chi connectivity index (χ1) is 17.1. The minimum atomic E-state index is -1.24. The molecule has 0 saturated heterocycles. The Kier molecular flexibility index (Phi) is 11.8. The summed E-state index contributed by atoms with van der Waals surface area (Å²) < 4.78 is 27.3. The van der Waals surface area contributed by atoms with E-state index in [1.807, 2.05) is 44.2 Å². The molecule has 0 aliphatic heterocycles. The molecule has 7 heteroatoms. The largest absolute Gasteiger partial charge is 0.384 e. The molecule has 0 bridgehead atoms. The molecule has 5 nitrogen and oxygen atoms in total. The van der Waals surface area contributed by atoms with Gasteiger partial charge in [-0.1, -0.05) is 57.0 Å². The lowest BCUT2D eigenvalue weighted by Gasteiger charge is -2.32. The highest BCUT2D eigenvalue weighted by Crippen LogP contribution is 2.37. The Labute approximate surface area is 213 Å². The Bertz CT molecular complexity index is 980. The van der Waals surface area contributed by atoms with Crippen LogP contribution in [0.3, 0.4) is 0 Å². The minimum Gasteiger partial charge on any atom is -0.384 e. The second kappa shape index (κ2) is 14.3. The number of Topliss-reactive ketones (excluding diaryl/α,β-unsaturated/α-hetero) is 2. The number of hydrogen-bond donors (Lipinski definition) is 3. The number of benzene rings is 2. The van der Waals surface area contributed by atoms with Crippen LogP contribution in [0.15, 0.2) is 48.5 Å². The number of rotatable bonds is 16. The lowest BCUT2D eigenvalue weighted by Crippen LogP contribution is -2.42. The van der Waals surface area contributed by atoms with Gasteiger partial charge in [0.2, 0.25) is 0 Å². The van der Waals surface area contributed by atoms with Crippen LogP contribution in [-0.2, 0) is 22.4 Å². The maximum atomic E-state index is 13.9. The van der Waals surface area contributed by atoms with Crippen LogP contribution in [0.25, 0.3) is 0 Å². The molecule has 0 amide bonds. The van der Waals surface area contributed by atoms with E-state index in [4.69, 9.17) is 11.5 Å². The summed E-state index contributed by atoms with van der Waals surface area (Å²) in [7, 11) is 0. The van der Waals surface area contributed by atoms with Crippen LogP contribution < -0.4 is 11.5 Å². The van der Waals surface area contributed by atoms with E-state index >= 15 is 0 Å². The molecular weight excluding hydrogens is 462 g/mol. The molecule has 0 heterocycles. The van der Waals surface area contributed by atoms with Crippen molar-refractivity contribution < 1.29 is 23.5 Å². The average Bonchev–Trinajstić information content (AvgIpc) is 2.86. The number of ketones is 2. The van der Waals surface area contributed by atoms with Crippen molar-refractivity contribution in [2.24, 2.45) is 16.9 Å². The molecule has 0 spiro atoms. The van der Waals surface area contributed by atoms with Gasteiger partial charge in [0.05, 0.1) is 0 Å². The second-order valence-electron chi connectivity index (χ2n) is 9.91. The van der Waals surface area contributed by atoms with Crippen molar-refractivity contribution in [2.75, 3.05) is 0 Å². The van der Waals surface area contributed by atoms with E-state index in [1.54, 1.807) is 0 Å². The van der Waals surface area contributed by atoms with E-state index in [9.17, 15) is 23.5 Å². The number of carbonyl (C=O) groups excluding carboxylic acids is 2. The van der Waals surface area contributed by atoms with Crippen LogP contribution in [0.5, 0.6) is 0 Å². The molecule has 0 aromatic heterocycles. The van der Waals surface area contributed by atoms with Crippen LogP contribution >= 0.6 is 0 Å². The van der Waals surface area contributed by atoms with Crippen molar-refractivity contribution in [2.45, 2.75) is 89.8 Å². The summed E-state index contributed by atoms with van der Waals surface area (Å²) >= 11 is 0. The fourth-order valence-corrected chi connectivity index (χ4v) is 4.71. The Morgan fingerprint density at radius 1 is 0.944 bits per heavy atom. The first kappa shape index (κ1) is 29.7. The standard InChI is InChI=1S/C29H40F2N2O3/c1-3-29(4-2,15-13-27(35)28(36)26(33)16-20-8-6-5-7-9-20)14-12-24(34)19-23(32)18-21-17-22(30)10-11-25(21)31/h5-11,17,23,26,28,36H,3-4,12-16,18-19,32-33H2,1-2H3. The first-order valence-corrected chi connectivity index (χ1v) is 12.8. The molecule has 0 saturated carbocycles. The monoisotopic (exact) mass is 502 g/mol. The summed E-state index contributed by atoms with van der Waals surface area (Å²) in [6, 6.07) is 11.4. The Morgan fingerprint density at radius 2 is 1.58 bits per heavy atom. The molecule has 0 aliphatic rings. The lowest BCUT2D eigenvalue weighted by molar-refractivity contribution is -0.128. The van der Waals surface area contributed by atoms with Gasteiger partial charge >= 0.3 is 0 Å². The van der Waals surface area contributed by atoms with Gasteiger partial charge in [-0.25, -0.2) is 8.78 Å². The number of carbonyl (C=O) groups is 2. The summed E-state index contributed by atoms with van der Waals surface area (Å²) in [5, 5.41) is 10.5. The summed E-state index contributed by atoms with van der Waals surface area (Å²) in [5.41, 5.74) is 13.1. The van der Waals surface area contributed by atoms with Crippen LogP contribution in [0.1, 0.15) is 69.9 Å². The first-order valence-electron chi connectivity index (χ1n) is 12.8. The van der Waals surface area contributed by atoms with Gasteiger partial charge in [-0.15, -0.1) is 0 Å². The Balaban J connectivity index is 1.85. The van der Waals surface area contributed by atoms with Gasteiger partial charge in [0.15, 0.2) is 5.78 Å². The highest BCUT2D eigenvalue weighted by atomic mass is 19.1. The van der Waals surface area contributed by atoms with Crippen molar-refractivity contribution in [1.82, 2.24) is 0 Å². The maximum Gasteiger partial charge on any atom is 0.162 e. The van der Waals surface area contributed by atoms with Gasteiger partial charge in [-0.3, -0.25) is 9.59 Å². The molecule has 0 fully saturated rings. The van der Waals surface area contributed by atoms with Crippen molar-refractivity contribution in [3.63, 3.8) is 0 Å². The number of aliphatic hydroxyl groups excluding tert-OH is 1. The smallest absolute Gasteiger partial charge is 0.162 e. The number of nitrogens with two attached hydrogens (primary N) is 2. The van der Waals surface area contributed by atoms with Crippen molar-refractivity contribution >= 4 is 11.6 Å². The zero-order valence-electron chi connectivity index (χ0n) is 21.4. The van der Waals surface area contributed by atoms with Gasteiger partial charge in [0.25, 0.3) is 0 Å². The van der Waals surface area contributed by atoms with Crippen molar-refractivity contribution in [3.8, 4) is 0 Å². The summed E-state index contributed by atoms with van der Waals surface area (Å²) in [6.07, 6.45) is 2.55. The lowest BCUT2D eigenvalue weighted by atomic mass is 9.73. The molecule has 198 valence electrons. The number of hydrogen-bond acceptors (Lipinski definition) is 5. The normalized spacial score (nSPS) is 14.3. The highest BCUT2D eigenvalue weighted by molar-refractivity contribution is 5.83. The average molecular weight is 503 g/mol. The predicted molar refractivity (Wildman–Crippen MR) is 138 cm³/mol. The number of halogens is 2. The van der Waals surface area contributed by atoms with Crippen LogP contribution in [0.2, 0.25) is 0 Å². The highest BCUT2D eigenvalue weighted by Gasteiger charge is 2.30. The van der Waals surface area contributed by atoms with Gasteiger partial charge in [-0.05, 0) is 60.4 Å². The Hall–Kier alpha value is -2.48. The summed E-state index contributed by atoms with van der Waals surface area (Å²) in [6.45, 7) is 4.07. The molecule has 0 aliphatic carbocycles. The van der Waals surface area contributed by atoms with Gasteiger partial charge in [-0.2, -0.15) is 0 Å². The SMILES string of the molecule is CCC(CC)(CCC(=O)CC(N)Cc1cc(F)ccc1F)CCC(=O)C(O)C(N)Cc1ccccc1. The van der Waals surface area contributed by atoms with E-state index in [2.05, 4.69) is 0 Å². The van der Waals surface area contributed by atoms with Crippen molar-refractivity contribution in [1.29, 1.82) is 0 Å². The van der Waals surface area contributed by atoms with Crippen LogP contribution in [0.4, 0.5) is 8.78 Å². The topological polar surface area (TPSA) is 106 Å². The van der Waals surface area contributed by atoms with Crippen LogP contribution in [0, 0.1) is 17.0 Å². The van der Waals surface area contributed by atoms with E-state index < -0.39 is 29.8 Å². The van der Waals surface area contributed by atoms with E-state index in [0.29, 0.717) is 25.7 Å². The summed E-state index contributed by atoms with van der Waals surface area (Å²) in [4.78, 5) is 25.3. The second-order valence-corrected chi connectivity index (χ2v) is 9.91. The fraction of sp³-hybridized carbons (Fsp3) is 0.517. The van der Waals surface area contributed by atoms with E-state index in [-0.39, 0.29) is 41.8 Å². The molecule has 2 aromatic rings. The molecule has 36 heavy (non-hydrogen) atoms. The molecule has 2 rings (SSSR count). The van der Waals surface area contributed by atoms with Crippen LogP contribution in [-0.4, -0.2) is 34.9 Å². The molecule has 5 N–H and O–H groups in total. The van der Waals surface area contributed by atoms with E-state index in [1.165, 1.54) is 0 Å². The third kappa shape index (κ3) is 9.19. The third-order valence-electron chi connectivity index (χ3n) is 7.37. The van der Waals surface area contributed by atoms with E-state index in [0.717, 1.165) is 36.6 Å². The van der Waals surface area contributed by atoms with Gasteiger partial charge < -0.3 is 16.6 Å². The quantitative estimate of drug-likeness (QED) is 0.310. The molecule has 3 atom stereocenters. The maximum absolute atomic E-state index is 13.9. The molecule has 0 radical (unpaired) electrons. The zero-order chi connectivity index (χ0) is 26.7. The molecular formula is C29H40F2N2O3. The minimum absolute atomic E-state index is 0.0400. The van der Waals surface area contributed by atoms with Gasteiger partial charge in [0.1, 0.15) is 23.5 Å². The zero-order valence-corrected chi connectivity index (χ0v) is 21.4. The van der Waals surface area contributed by atoms with Gasteiger partial charge in [0, 0.05) is 31.3 Å². The summed E-state index contributed by atoms with van der Waals surface area (Å²) in [5.74, 6) is -1.40. The predicted octanol–water partition coefficient (Wildman–Crippen LogP) is 4.66. The molecule has 2 aromatic carbocycles. The Morgan fingerprint density at radius 3 is 2.22 bits per heavy atom. The number of aliphatic hydroxyl groups is 1. The molecule has 3 unspecified atom stereocenters. The fourth-order valence-electron chi connectivity index (χ4n) is 4.71. The van der Waals surface area contributed by atoms with Crippen molar-refractivity contribution in [3.05, 3.63) is 71.3 Å².